The first kappa shape index (κ1) is 12.7. The Balaban J connectivity index is 2.32. The van der Waals surface area contributed by atoms with Crippen molar-refractivity contribution in [3.8, 4) is 0 Å². The number of hydrogen-bond donors (Lipinski definition) is 3. The highest BCUT2D eigenvalue weighted by molar-refractivity contribution is 5.60. The van der Waals surface area contributed by atoms with Gasteiger partial charge in [0.1, 0.15) is 11.5 Å². The minimum absolute atomic E-state index is 0.157. The molecular weight excluding hydrogens is 236 g/mol. The van der Waals surface area contributed by atoms with Crippen LogP contribution < -0.4 is 22.3 Å². The lowest BCUT2D eigenvalue weighted by atomic mass is 10.1. The van der Waals surface area contributed by atoms with Crippen molar-refractivity contribution in [3.63, 3.8) is 0 Å². The zero-order valence-electron chi connectivity index (χ0n) is 10.4. The van der Waals surface area contributed by atoms with Gasteiger partial charge < -0.3 is 15.8 Å². The molecule has 1 aliphatic heterocycles. The molecule has 7 heteroatoms. The number of nitrogens with zero attached hydrogens (tertiary/aromatic N) is 1. The van der Waals surface area contributed by atoms with E-state index in [9.17, 15) is 9.59 Å². The molecule has 0 bridgehead atoms. The topological polar surface area (TPSA) is 102 Å². The van der Waals surface area contributed by atoms with Gasteiger partial charge in [0.25, 0.3) is 5.56 Å². The van der Waals surface area contributed by atoms with E-state index in [1.165, 1.54) is 4.57 Å². The molecule has 18 heavy (non-hydrogen) atoms. The fourth-order valence-electron chi connectivity index (χ4n) is 2.09. The Morgan fingerprint density at radius 2 is 2.11 bits per heavy atom. The van der Waals surface area contributed by atoms with E-state index in [2.05, 4.69) is 10.3 Å². The molecule has 0 unspecified atom stereocenters. The second-order valence-electron chi connectivity index (χ2n) is 4.29. The van der Waals surface area contributed by atoms with Crippen LogP contribution >= 0.6 is 0 Å². The Morgan fingerprint density at radius 3 is 2.72 bits per heavy atom. The molecule has 2 rings (SSSR count). The molecule has 0 radical (unpaired) electrons. The molecule has 1 aromatic rings. The van der Waals surface area contributed by atoms with Crippen molar-refractivity contribution in [1.29, 1.82) is 0 Å². The van der Waals surface area contributed by atoms with Gasteiger partial charge in [-0.2, -0.15) is 0 Å². The molecule has 0 spiro atoms. The first-order chi connectivity index (χ1) is 8.63. The summed E-state index contributed by atoms with van der Waals surface area (Å²) in [5.74, 6) is 0.192. The van der Waals surface area contributed by atoms with Crippen LogP contribution in [0.2, 0.25) is 0 Å². The minimum atomic E-state index is -0.475. The molecule has 0 saturated carbocycles. The summed E-state index contributed by atoms with van der Waals surface area (Å²) in [6.07, 6.45) is 1.65. The van der Waals surface area contributed by atoms with Gasteiger partial charge in [0.2, 0.25) is 0 Å². The third-order valence-corrected chi connectivity index (χ3v) is 3.13. The summed E-state index contributed by atoms with van der Waals surface area (Å²) in [4.78, 5) is 25.5. The third kappa shape index (κ3) is 2.40. The van der Waals surface area contributed by atoms with Crippen molar-refractivity contribution in [1.82, 2.24) is 9.55 Å². The van der Waals surface area contributed by atoms with Crippen LogP contribution in [0.5, 0.6) is 0 Å². The molecular formula is C11H18N4O3. The maximum Gasteiger partial charge on any atom is 0.330 e. The smallest absolute Gasteiger partial charge is 0.330 e. The van der Waals surface area contributed by atoms with Gasteiger partial charge in [0.05, 0.1) is 0 Å². The predicted octanol–water partition coefficient (Wildman–Crippen LogP) is -0.270. The first-order valence-corrected chi connectivity index (χ1v) is 6.10. The lowest BCUT2D eigenvalue weighted by Crippen LogP contribution is -2.37. The van der Waals surface area contributed by atoms with Gasteiger partial charge in [-0.25, -0.2) is 4.79 Å². The summed E-state index contributed by atoms with van der Waals surface area (Å²) < 4.78 is 6.59. The Kier molecular flexibility index (Phi) is 3.71. The van der Waals surface area contributed by atoms with Crippen molar-refractivity contribution < 1.29 is 4.74 Å². The maximum atomic E-state index is 11.8. The van der Waals surface area contributed by atoms with Gasteiger partial charge in [0.15, 0.2) is 0 Å². The number of H-pyrrole nitrogens is 1. The lowest BCUT2D eigenvalue weighted by Gasteiger charge is -2.24. The van der Waals surface area contributed by atoms with E-state index in [1.54, 1.807) is 6.92 Å². The van der Waals surface area contributed by atoms with E-state index < -0.39 is 11.2 Å². The molecule has 0 aliphatic carbocycles. The molecule has 1 aromatic heterocycles. The largest absolute Gasteiger partial charge is 0.383 e. The van der Waals surface area contributed by atoms with Crippen molar-refractivity contribution in [2.24, 2.45) is 0 Å². The number of ether oxygens (including phenoxy) is 1. The minimum Gasteiger partial charge on any atom is -0.383 e. The number of nitrogens with two attached hydrogens (primary N) is 1. The standard InChI is InChI=1S/C11H18N4O3/c1-2-15-9(12)8(10(16)14-11(15)17)13-7-3-5-18-6-4-7/h7,13H,2-6,12H2,1H3,(H,14,16,17). The summed E-state index contributed by atoms with van der Waals surface area (Å²) in [6, 6.07) is 0.157. The molecule has 1 fully saturated rings. The maximum absolute atomic E-state index is 11.8. The van der Waals surface area contributed by atoms with Crippen LogP contribution in [0.1, 0.15) is 19.8 Å². The van der Waals surface area contributed by atoms with Crippen LogP contribution in [-0.4, -0.2) is 28.8 Å². The van der Waals surface area contributed by atoms with Crippen LogP contribution in [0.3, 0.4) is 0 Å². The monoisotopic (exact) mass is 254 g/mol. The Bertz CT molecular complexity index is 528. The second kappa shape index (κ2) is 5.26. The molecule has 7 nitrogen and oxygen atoms in total. The highest BCUT2D eigenvalue weighted by Crippen LogP contribution is 2.16. The first-order valence-electron chi connectivity index (χ1n) is 6.10. The highest BCUT2D eigenvalue weighted by atomic mass is 16.5. The number of hydrogen-bond acceptors (Lipinski definition) is 5. The van der Waals surface area contributed by atoms with E-state index in [0.29, 0.717) is 19.8 Å². The summed E-state index contributed by atoms with van der Waals surface area (Å²) in [5, 5.41) is 3.11. The number of aromatic amines is 1. The Hall–Kier alpha value is -1.76. The molecule has 4 N–H and O–H groups in total. The summed E-state index contributed by atoms with van der Waals surface area (Å²) in [7, 11) is 0. The van der Waals surface area contributed by atoms with Crippen LogP contribution in [0.25, 0.3) is 0 Å². The quantitative estimate of drug-likeness (QED) is 0.689. The summed E-state index contributed by atoms with van der Waals surface area (Å²) >= 11 is 0. The molecule has 0 aromatic carbocycles. The highest BCUT2D eigenvalue weighted by Gasteiger charge is 2.18. The van der Waals surface area contributed by atoms with Gasteiger partial charge in [-0.15, -0.1) is 0 Å². The van der Waals surface area contributed by atoms with Crippen LogP contribution in [0.4, 0.5) is 11.5 Å². The second-order valence-corrected chi connectivity index (χ2v) is 4.29. The zero-order chi connectivity index (χ0) is 13.1. The fourth-order valence-corrected chi connectivity index (χ4v) is 2.09. The molecule has 1 aliphatic rings. The van der Waals surface area contributed by atoms with Crippen LogP contribution in [-0.2, 0) is 11.3 Å². The van der Waals surface area contributed by atoms with E-state index in [0.717, 1.165) is 12.8 Å². The van der Waals surface area contributed by atoms with E-state index in [-0.39, 0.29) is 17.5 Å². The normalized spacial score (nSPS) is 16.7. The average Bonchev–Trinajstić information content (AvgIpc) is 2.36. The number of nitrogen functional groups attached to an aromatic ring is 1. The Morgan fingerprint density at radius 1 is 1.44 bits per heavy atom. The van der Waals surface area contributed by atoms with Gasteiger partial charge in [-0.1, -0.05) is 0 Å². The molecule has 100 valence electrons. The fraction of sp³-hybridized carbons (Fsp3) is 0.636. The molecule has 1 saturated heterocycles. The SMILES string of the molecule is CCn1c(N)c(NC2CCOCC2)c(=O)[nH]c1=O. The van der Waals surface area contributed by atoms with Gasteiger partial charge in [0, 0.05) is 25.8 Å². The van der Waals surface area contributed by atoms with Crippen molar-refractivity contribution in [2.45, 2.75) is 32.4 Å². The zero-order valence-corrected chi connectivity index (χ0v) is 10.4. The van der Waals surface area contributed by atoms with Crippen LogP contribution in [0, 0.1) is 0 Å². The molecule has 0 atom stereocenters. The number of anilines is 2. The third-order valence-electron chi connectivity index (χ3n) is 3.13. The number of aromatic nitrogens is 2. The predicted molar refractivity (Wildman–Crippen MR) is 68.9 cm³/mol. The van der Waals surface area contributed by atoms with Gasteiger partial charge >= 0.3 is 5.69 Å². The molecule has 0 amide bonds. The number of nitrogens with one attached hydrogen (secondary N) is 2. The van der Waals surface area contributed by atoms with E-state index in [1.807, 2.05) is 0 Å². The van der Waals surface area contributed by atoms with Crippen molar-refractivity contribution >= 4 is 11.5 Å². The van der Waals surface area contributed by atoms with E-state index in [4.69, 9.17) is 10.5 Å². The lowest BCUT2D eigenvalue weighted by molar-refractivity contribution is 0.0904. The number of rotatable bonds is 3. The van der Waals surface area contributed by atoms with Gasteiger partial charge in [-0.05, 0) is 19.8 Å². The van der Waals surface area contributed by atoms with Crippen molar-refractivity contribution in [2.75, 3.05) is 24.3 Å². The van der Waals surface area contributed by atoms with Crippen molar-refractivity contribution in [3.05, 3.63) is 20.8 Å². The summed E-state index contributed by atoms with van der Waals surface area (Å²) in [6.45, 7) is 3.56. The van der Waals surface area contributed by atoms with Gasteiger partial charge in [-0.3, -0.25) is 14.3 Å². The van der Waals surface area contributed by atoms with Crippen LogP contribution in [0.15, 0.2) is 9.59 Å². The average molecular weight is 254 g/mol. The summed E-state index contributed by atoms with van der Waals surface area (Å²) in [5.41, 5.74) is 5.20. The Labute approximate surface area is 104 Å². The van der Waals surface area contributed by atoms with E-state index >= 15 is 0 Å². The molecule has 2 heterocycles.